The summed E-state index contributed by atoms with van der Waals surface area (Å²) in [6.07, 6.45) is 1.08. The highest BCUT2D eigenvalue weighted by Crippen LogP contribution is 2.11. The van der Waals surface area contributed by atoms with Crippen molar-refractivity contribution < 1.29 is 19.4 Å². The van der Waals surface area contributed by atoms with Gasteiger partial charge in [-0.1, -0.05) is 0 Å². The first kappa shape index (κ1) is 16.2. The molecule has 19 heavy (non-hydrogen) atoms. The quantitative estimate of drug-likeness (QED) is 0.711. The van der Waals surface area contributed by atoms with Gasteiger partial charge >= 0.3 is 6.09 Å². The third-order valence-electron chi connectivity index (χ3n) is 3.18. The van der Waals surface area contributed by atoms with E-state index in [-0.39, 0.29) is 6.09 Å². The fourth-order valence-electron chi connectivity index (χ4n) is 2.10. The zero-order chi connectivity index (χ0) is 14.1. The van der Waals surface area contributed by atoms with Gasteiger partial charge in [0, 0.05) is 32.3 Å². The van der Waals surface area contributed by atoms with Crippen LogP contribution in [-0.4, -0.2) is 67.7 Å². The van der Waals surface area contributed by atoms with Crippen LogP contribution in [0.15, 0.2) is 0 Å². The summed E-state index contributed by atoms with van der Waals surface area (Å²) in [6, 6.07) is 0.349. The van der Waals surface area contributed by atoms with E-state index >= 15 is 0 Å². The van der Waals surface area contributed by atoms with Gasteiger partial charge < -0.3 is 24.8 Å². The molecule has 0 radical (unpaired) electrons. The average Bonchev–Trinajstić information content (AvgIpc) is 2.43. The summed E-state index contributed by atoms with van der Waals surface area (Å²) >= 11 is 0. The molecule has 0 spiro atoms. The molecule has 0 aromatic rings. The Morgan fingerprint density at radius 2 is 2.05 bits per heavy atom. The maximum Gasteiger partial charge on any atom is 0.409 e. The molecule has 112 valence electrons. The average molecular weight is 274 g/mol. The van der Waals surface area contributed by atoms with Crippen LogP contribution >= 0.6 is 0 Å². The first-order valence-corrected chi connectivity index (χ1v) is 7.08. The fraction of sp³-hybridized carbons (Fsp3) is 0.923. The Hall–Kier alpha value is -0.850. The molecular weight excluding hydrogens is 248 g/mol. The summed E-state index contributed by atoms with van der Waals surface area (Å²) in [7, 11) is 0. The first-order valence-electron chi connectivity index (χ1n) is 7.08. The van der Waals surface area contributed by atoms with Gasteiger partial charge in [-0.3, -0.25) is 0 Å². The standard InChI is InChI=1S/C13H26N2O4/c1-3-18-10-12(16)9-14-11-5-7-15(8-6-11)13(17)19-4-2/h11-12,14,16H,3-10H2,1-2H3. The highest BCUT2D eigenvalue weighted by molar-refractivity contribution is 5.67. The number of amides is 1. The molecular formula is C13H26N2O4. The number of hydrogen-bond donors (Lipinski definition) is 2. The molecule has 1 saturated heterocycles. The zero-order valence-electron chi connectivity index (χ0n) is 11.9. The number of carbonyl (C=O) groups excluding carboxylic acids is 1. The number of nitrogens with zero attached hydrogens (tertiary/aromatic N) is 1. The normalized spacial score (nSPS) is 18.4. The van der Waals surface area contributed by atoms with E-state index in [1.165, 1.54) is 0 Å². The topological polar surface area (TPSA) is 71.0 Å². The molecule has 1 rings (SSSR count). The van der Waals surface area contributed by atoms with Crippen molar-refractivity contribution in [3.05, 3.63) is 0 Å². The number of hydrogen-bond acceptors (Lipinski definition) is 5. The van der Waals surface area contributed by atoms with Gasteiger partial charge in [0.2, 0.25) is 0 Å². The summed E-state index contributed by atoms with van der Waals surface area (Å²) in [6.45, 7) is 7.07. The Morgan fingerprint density at radius 1 is 1.37 bits per heavy atom. The van der Waals surface area contributed by atoms with E-state index in [1.807, 2.05) is 13.8 Å². The number of nitrogens with one attached hydrogen (secondary N) is 1. The van der Waals surface area contributed by atoms with Crippen LogP contribution in [0.1, 0.15) is 26.7 Å². The number of ether oxygens (including phenoxy) is 2. The fourth-order valence-corrected chi connectivity index (χ4v) is 2.10. The van der Waals surface area contributed by atoms with Gasteiger partial charge in [-0.15, -0.1) is 0 Å². The molecule has 1 atom stereocenters. The van der Waals surface area contributed by atoms with E-state index in [4.69, 9.17) is 9.47 Å². The zero-order valence-corrected chi connectivity index (χ0v) is 11.9. The third-order valence-corrected chi connectivity index (χ3v) is 3.18. The van der Waals surface area contributed by atoms with Crippen LogP contribution in [0.2, 0.25) is 0 Å². The monoisotopic (exact) mass is 274 g/mol. The molecule has 6 nitrogen and oxygen atoms in total. The predicted octanol–water partition coefficient (Wildman–Crippen LogP) is 0.594. The maximum atomic E-state index is 11.5. The second kappa shape index (κ2) is 9.12. The first-order chi connectivity index (χ1) is 9.17. The Bertz CT molecular complexity index is 255. The van der Waals surface area contributed by atoms with E-state index in [0.717, 1.165) is 12.8 Å². The molecule has 0 aromatic carbocycles. The van der Waals surface area contributed by atoms with E-state index in [1.54, 1.807) is 4.90 Å². The summed E-state index contributed by atoms with van der Waals surface area (Å²) in [4.78, 5) is 13.3. The summed E-state index contributed by atoms with van der Waals surface area (Å²) < 4.78 is 10.1. The molecule has 1 fully saturated rings. The highest BCUT2D eigenvalue weighted by Gasteiger charge is 2.23. The Labute approximate surface area is 115 Å². The molecule has 1 aliphatic heterocycles. The second-order valence-electron chi connectivity index (χ2n) is 4.68. The van der Waals surface area contributed by atoms with E-state index in [2.05, 4.69) is 5.32 Å². The molecule has 1 heterocycles. The van der Waals surface area contributed by atoms with Gasteiger partial charge in [0.1, 0.15) is 0 Å². The molecule has 6 heteroatoms. The van der Waals surface area contributed by atoms with Crippen molar-refractivity contribution in [3.63, 3.8) is 0 Å². The van der Waals surface area contributed by atoms with Gasteiger partial charge in [0.05, 0.1) is 19.3 Å². The minimum Gasteiger partial charge on any atom is -0.450 e. The molecule has 2 N–H and O–H groups in total. The number of aliphatic hydroxyl groups is 1. The maximum absolute atomic E-state index is 11.5. The summed E-state index contributed by atoms with van der Waals surface area (Å²) in [5, 5.41) is 13.0. The van der Waals surface area contributed by atoms with E-state index < -0.39 is 6.10 Å². The largest absolute Gasteiger partial charge is 0.450 e. The lowest BCUT2D eigenvalue weighted by Crippen LogP contribution is -2.47. The van der Waals surface area contributed by atoms with Crippen LogP contribution < -0.4 is 5.32 Å². The molecule has 0 bridgehead atoms. The molecule has 0 aliphatic carbocycles. The number of rotatable bonds is 7. The highest BCUT2D eigenvalue weighted by atomic mass is 16.6. The predicted molar refractivity (Wildman–Crippen MR) is 72.1 cm³/mol. The molecule has 0 saturated carbocycles. The van der Waals surface area contributed by atoms with Gasteiger partial charge in [-0.2, -0.15) is 0 Å². The Morgan fingerprint density at radius 3 is 2.63 bits per heavy atom. The van der Waals surface area contributed by atoms with Gasteiger partial charge in [0.25, 0.3) is 0 Å². The van der Waals surface area contributed by atoms with Crippen LogP contribution in [0, 0.1) is 0 Å². The number of piperidine rings is 1. The van der Waals surface area contributed by atoms with Crippen molar-refractivity contribution in [2.75, 3.05) is 39.5 Å². The Balaban J connectivity index is 2.14. The molecule has 1 unspecified atom stereocenters. The third kappa shape index (κ3) is 6.22. The molecule has 0 aromatic heterocycles. The number of carbonyl (C=O) groups is 1. The minimum atomic E-state index is -0.469. The van der Waals surface area contributed by atoms with Gasteiger partial charge in [0.15, 0.2) is 0 Å². The lowest BCUT2D eigenvalue weighted by molar-refractivity contribution is 0.0394. The molecule has 1 aliphatic rings. The summed E-state index contributed by atoms with van der Waals surface area (Å²) in [5.41, 5.74) is 0. The summed E-state index contributed by atoms with van der Waals surface area (Å²) in [5.74, 6) is 0. The van der Waals surface area contributed by atoms with Gasteiger partial charge in [-0.25, -0.2) is 4.79 Å². The van der Waals surface area contributed by atoms with Crippen molar-refractivity contribution in [1.29, 1.82) is 0 Å². The van der Waals surface area contributed by atoms with Crippen molar-refractivity contribution in [2.45, 2.75) is 38.8 Å². The number of aliphatic hydroxyl groups excluding tert-OH is 1. The van der Waals surface area contributed by atoms with Crippen molar-refractivity contribution >= 4 is 6.09 Å². The van der Waals surface area contributed by atoms with Gasteiger partial charge in [-0.05, 0) is 26.7 Å². The van der Waals surface area contributed by atoms with Crippen molar-refractivity contribution in [3.8, 4) is 0 Å². The molecule has 1 amide bonds. The smallest absolute Gasteiger partial charge is 0.409 e. The second-order valence-corrected chi connectivity index (χ2v) is 4.68. The lowest BCUT2D eigenvalue weighted by Gasteiger charge is -2.32. The Kier molecular flexibility index (Phi) is 7.78. The van der Waals surface area contributed by atoms with Crippen LogP contribution in [0.25, 0.3) is 0 Å². The van der Waals surface area contributed by atoms with Crippen molar-refractivity contribution in [2.24, 2.45) is 0 Å². The minimum absolute atomic E-state index is 0.225. The van der Waals surface area contributed by atoms with Crippen LogP contribution in [0.5, 0.6) is 0 Å². The lowest BCUT2D eigenvalue weighted by atomic mass is 10.1. The van der Waals surface area contributed by atoms with Crippen LogP contribution in [0.4, 0.5) is 4.79 Å². The van der Waals surface area contributed by atoms with Crippen molar-refractivity contribution in [1.82, 2.24) is 10.2 Å². The number of likely N-dealkylation sites (tertiary alicyclic amines) is 1. The van der Waals surface area contributed by atoms with Crippen LogP contribution in [-0.2, 0) is 9.47 Å². The van der Waals surface area contributed by atoms with E-state index in [0.29, 0.717) is 45.5 Å². The van der Waals surface area contributed by atoms with Crippen LogP contribution in [0.3, 0.4) is 0 Å². The SMILES string of the molecule is CCOCC(O)CNC1CCN(C(=O)OCC)CC1. The van der Waals surface area contributed by atoms with E-state index in [9.17, 15) is 9.90 Å².